The fourth-order valence-corrected chi connectivity index (χ4v) is 10.8. The van der Waals surface area contributed by atoms with E-state index in [-0.39, 0.29) is 87.0 Å². The van der Waals surface area contributed by atoms with Gasteiger partial charge in [-0.15, -0.1) is 22.7 Å². The van der Waals surface area contributed by atoms with E-state index in [1.54, 1.807) is 29.7 Å². The second kappa shape index (κ2) is 28.8. The molecule has 0 unspecified atom stereocenters. The Kier molecular flexibility index (Phi) is 22.1. The number of nitrogens with zero attached hydrogens (tertiary/aromatic N) is 4. The van der Waals surface area contributed by atoms with E-state index in [1.165, 1.54) is 22.3 Å². The van der Waals surface area contributed by atoms with Crippen molar-refractivity contribution in [2.24, 2.45) is 10.8 Å². The highest BCUT2D eigenvalue weighted by Gasteiger charge is 2.45. The van der Waals surface area contributed by atoms with Crippen LogP contribution < -0.4 is 26.0 Å². The number of β-amino-alcohol motifs (C(OH)–C–C–N with tert-alkyl or cyclic N) is 1. The number of aliphatic hydroxyl groups is 1. The molecule has 5 aromatic rings. The van der Waals surface area contributed by atoms with Crippen LogP contribution >= 0.6 is 34.3 Å². The zero-order chi connectivity index (χ0) is 54.8. The summed E-state index contributed by atoms with van der Waals surface area (Å²) in [6.07, 6.45) is 3.13. The first kappa shape index (κ1) is 59.0. The maximum absolute atomic E-state index is 14.7. The van der Waals surface area contributed by atoms with Crippen LogP contribution in [0.2, 0.25) is 5.02 Å². The van der Waals surface area contributed by atoms with Crippen LogP contribution in [0.1, 0.15) is 76.2 Å². The van der Waals surface area contributed by atoms with Crippen LogP contribution in [-0.4, -0.2) is 139 Å². The molecule has 416 valence electrons. The summed E-state index contributed by atoms with van der Waals surface area (Å²) >= 11 is 9.02. The molecule has 1 aliphatic carbocycles. The summed E-state index contributed by atoms with van der Waals surface area (Å²) in [4.78, 5) is 70.4. The molecule has 7 rings (SSSR count). The van der Waals surface area contributed by atoms with Crippen LogP contribution in [-0.2, 0) is 51.1 Å². The molecule has 1 saturated heterocycles. The van der Waals surface area contributed by atoms with E-state index < -0.39 is 40.7 Å². The minimum atomic E-state index is -0.948. The number of rotatable bonds is 28. The number of nitrogens with one attached hydrogen (secondary N) is 4. The predicted octanol–water partition coefficient (Wildman–Crippen LogP) is 7.44. The van der Waals surface area contributed by atoms with E-state index in [4.69, 9.17) is 40.3 Å². The second-order valence-corrected chi connectivity index (χ2v) is 22.4. The number of aromatic nitrogens is 3. The fraction of sp³-hybridized carbons (Fsp3) is 0.509. The van der Waals surface area contributed by atoms with Gasteiger partial charge >= 0.3 is 0 Å². The van der Waals surface area contributed by atoms with Crippen LogP contribution in [0.4, 0.5) is 15.3 Å². The Balaban J connectivity index is 0.746. The maximum atomic E-state index is 14.7. The van der Waals surface area contributed by atoms with Crippen LogP contribution in [0, 0.1) is 23.6 Å². The highest BCUT2D eigenvalue weighted by Crippen LogP contribution is 2.41. The molecule has 2 aromatic carbocycles. The minimum Gasteiger partial charge on any atom is -0.487 e. The number of carbonyl (C=O) groups is 4. The molecule has 0 spiro atoms. The Bertz CT molecular complexity index is 2690. The van der Waals surface area contributed by atoms with Gasteiger partial charge in [0, 0.05) is 56.2 Å². The van der Waals surface area contributed by atoms with Gasteiger partial charge in [-0.3, -0.25) is 19.2 Å². The maximum Gasteiger partial charge on any atom is 0.246 e. The number of hydrogen-bond donors (Lipinski definition) is 5. The summed E-state index contributed by atoms with van der Waals surface area (Å²) < 4.78 is 43.3. The summed E-state index contributed by atoms with van der Waals surface area (Å²) in [7, 11) is 0. The van der Waals surface area contributed by atoms with E-state index in [9.17, 15) is 28.7 Å². The molecule has 22 heteroatoms. The largest absolute Gasteiger partial charge is 0.487 e. The van der Waals surface area contributed by atoms with Crippen molar-refractivity contribution in [3.63, 3.8) is 0 Å². The van der Waals surface area contributed by atoms with Gasteiger partial charge in [-0.2, -0.15) is 0 Å². The molecule has 1 aliphatic heterocycles. The van der Waals surface area contributed by atoms with Crippen LogP contribution in [0.25, 0.3) is 10.4 Å². The Morgan fingerprint density at radius 2 is 1.57 bits per heavy atom. The Labute approximate surface area is 462 Å². The zero-order valence-electron chi connectivity index (χ0n) is 44.0. The molecule has 4 amide bonds. The first-order valence-electron chi connectivity index (χ1n) is 26.0. The lowest BCUT2D eigenvalue weighted by atomic mass is 9.69. The number of aliphatic hydroxyl groups excluding tert-OH is 1. The van der Waals surface area contributed by atoms with Gasteiger partial charge in [0.1, 0.15) is 17.9 Å². The number of thiazole rings is 2. The number of pyridine rings is 1. The Hall–Kier alpha value is -5.65. The van der Waals surface area contributed by atoms with Crippen molar-refractivity contribution in [2.45, 2.75) is 103 Å². The van der Waals surface area contributed by atoms with Crippen molar-refractivity contribution in [3.8, 4) is 16.2 Å². The number of amides is 4. The van der Waals surface area contributed by atoms with Gasteiger partial charge in [-0.25, -0.2) is 19.3 Å². The predicted molar refractivity (Wildman–Crippen MR) is 293 cm³/mol. The zero-order valence-corrected chi connectivity index (χ0v) is 46.4. The van der Waals surface area contributed by atoms with Gasteiger partial charge < -0.3 is 55.0 Å². The molecule has 5 N–H and O–H groups in total. The highest BCUT2D eigenvalue weighted by molar-refractivity contribution is 7.13. The number of carbonyl (C=O) groups excluding carboxylic acids is 4. The second-order valence-electron chi connectivity index (χ2n) is 20.2. The van der Waals surface area contributed by atoms with Crippen molar-refractivity contribution >= 4 is 68.9 Å². The number of benzene rings is 2. The van der Waals surface area contributed by atoms with Crippen molar-refractivity contribution in [1.82, 2.24) is 35.8 Å². The molecule has 0 bridgehead atoms. The third-order valence-electron chi connectivity index (χ3n) is 13.4. The summed E-state index contributed by atoms with van der Waals surface area (Å²) in [5.74, 6) is -1.17. The van der Waals surface area contributed by atoms with E-state index in [0.29, 0.717) is 76.0 Å². The molecular formula is C55H70ClFN8O10S2. The van der Waals surface area contributed by atoms with E-state index >= 15 is 0 Å². The summed E-state index contributed by atoms with van der Waals surface area (Å²) in [5.41, 5.74) is 3.99. The highest BCUT2D eigenvalue weighted by atomic mass is 35.5. The lowest BCUT2D eigenvalue weighted by Crippen LogP contribution is -2.57. The Morgan fingerprint density at radius 1 is 0.883 bits per heavy atom. The van der Waals surface area contributed by atoms with Crippen molar-refractivity contribution in [3.05, 3.63) is 106 Å². The molecule has 2 fully saturated rings. The number of anilines is 2. The minimum absolute atomic E-state index is 0.00476. The van der Waals surface area contributed by atoms with Gasteiger partial charge in [-0.1, -0.05) is 68.8 Å². The summed E-state index contributed by atoms with van der Waals surface area (Å²) in [5, 5.41) is 25.2. The van der Waals surface area contributed by atoms with Crippen LogP contribution in [0.3, 0.4) is 0 Å². The average Bonchev–Trinajstić information content (AvgIpc) is 4.20. The number of halogens is 2. The molecule has 2 aliphatic rings. The number of hydrogen-bond acceptors (Lipinski definition) is 16. The van der Waals surface area contributed by atoms with Crippen LogP contribution in [0.15, 0.2) is 77.8 Å². The lowest BCUT2D eigenvalue weighted by molar-refractivity contribution is -0.144. The first-order chi connectivity index (χ1) is 37.1. The monoisotopic (exact) mass is 1120 g/mol. The molecule has 3 atom stereocenters. The molecule has 77 heavy (non-hydrogen) atoms. The average molecular weight is 1120 g/mol. The fourth-order valence-electron chi connectivity index (χ4n) is 9.25. The van der Waals surface area contributed by atoms with Gasteiger partial charge in [0.05, 0.1) is 91.6 Å². The number of aryl methyl sites for hydroxylation is 1. The molecule has 3 aromatic heterocycles. The third kappa shape index (κ3) is 17.4. The molecular weight excluding hydrogens is 1050 g/mol. The Morgan fingerprint density at radius 3 is 2.23 bits per heavy atom. The number of ether oxygens (including phenoxy) is 5. The molecule has 0 radical (unpaired) electrons. The smallest absolute Gasteiger partial charge is 0.246 e. The summed E-state index contributed by atoms with van der Waals surface area (Å²) in [6.45, 7) is 10.2. The van der Waals surface area contributed by atoms with Gasteiger partial charge in [0.25, 0.3) is 0 Å². The van der Waals surface area contributed by atoms with Crippen molar-refractivity contribution in [2.75, 3.05) is 71.3 Å². The SMILES string of the molecule is Cc1ncsc1-c1ccc(CNC(=O)[C@@H]2C[C@@H](O)CN2C(=O)[C@@H](NC(=O)CCOCCOCCOCCOCCNC(=O)C2(Cc3cccc(Nc4nccs4)n3)CCC(Oc3cccc(Cl)c3F)CC2)C(C)(C)C)cc1. The van der Waals surface area contributed by atoms with E-state index in [2.05, 4.69) is 31.2 Å². The number of likely N-dealkylation sites (tertiary alicyclic amines) is 1. The normalized spacial score (nSPS) is 18.9. The standard InChI is InChI=1S/C55H70ClFN8O10S2/c1-36-48(77-35-61-36)38-13-11-37(12-14-38)33-60-50(68)43-31-40(66)34-65(43)51(69)49(54(2,3)4)64-46(67)17-22-71-24-26-73-28-29-74-27-25-72-23-20-58-52(70)55(32-39-7-5-10-45(62-39)63-53-59-21-30-76-53)18-15-41(16-19-55)75-44-9-6-8-42(56)47(44)57/h5-14,21,30,35,40-41,43,49,66H,15-20,22-29,31-34H2,1-4H3,(H,58,70)(H,60,68)(H,64,67)(H,59,62,63)/t40-,41?,43+,49-,55?/m1/s1. The molecule has 18 nitrogen and oxygen atoms in total. The lowest BCUT2D eigenvalue weighted by Gasteiger charge is -2.39. The topological polar surface area (TPSA) is 225 Å². The van der Waals surface area contributed by atoms with E-state index in [1.807, 2.05) is 81.1 Å². The van der Waals surface area contributed by atoms with Gasteiger partial charge in [0.2, 0.25) is 23.6 Å². The summed E-state index contributed by atoms with van der Waals surface area (Å²) in [6, 6.07) is 16.4. The van der Waals surface area contributed by atoms with E-state index in [0.717, 1.165) is 27.4 Å². The molecule has 1 saturated carbocycles. The van der Waals surface area contributed by atoms with Crippen LogP contribution in [0.5, 0.6) is 5.75 Å². The third-order valence-corrected chi connectivity index (χ3v) is 15.4. The van der Waals surface area contributed by atoms with Crippen molar-refractivity contribution in [1.29, 1.82) is 0 Å². The first-order valence-corrected chi connectivity index (χ1v) is 28.1. The van der Waals surface area contributed by atoms with Gasteiger partial charge in [-0.05, 0) is 73.4 Å². The van der Waals surface area contributed by atoms with Gasteiger partial charge in [0.15, 0.2) is 16.7 Å². The molecule has 4 heterocycles. The van der Waals surface area contributed by atoms with Crippen molar-refractivity contribution < 1.29 is 52.4 Å². The quantitative estimate of drug-likeness (QED) is 0.0307.